The van der Waals surface area contributed by atoms with Gasteiger partial charge in [0.1, 0.15) is 12.4 Å². The summed E-state index contributed by atoms with van der Waals surface area (Å²) in [6.07, 6.45) is 1.04. The molecule has 1 atom stereocenters. The zero-order chi connectivity index (χ0) is 13.2. The second kappa shape index (κ2) is 8.91. The van der Waals surface area contributed by atoms with Gasteiger partial charge in [-0.05, 0) is 30.7 Å². The molecule has 0 aliphatic rings. The molecule has 102 valence electrons. The van der Waals surface area contributed by atoms with Gasteiger partial charge >= 0.3 is 0 Å². The summed E-state index contributed by atoms with van der Waals surface area (Å²) in [5, 5.41) is 12.4. The number of aliphatic hydroxyl groups is 1. The molecule has 0 bridgehead atoms. The molecule has 0 aliphatic carbocycles. The van der Waals surface area contributed by atoms with Crippen LogP contribution < -0.4 is 10.1 Å². The maximum absolute atomic E-state index is 9.21. The van der Waals surface area contributed by atoms with Crippen LogP contribution in [-0.2, 0) is 11.3 Å². The van der Waals surface area contributed by atoms with E-state index >= 15 is 0 Å². The minimum Gasteiger partial charge on any atom is -0.492 e. The minimum atomic E-state index is -0.0176. The Kier molecular flexibility index (Phi) is 7.41. The highest BCUT2D eigenvalue weighted by molar-refractivity contribution is 5.28. The summed E-state index contributed by atoms with van der Waals surface area (Å²) >= 11 is 0. The highest BCUT2D eigenvalue weighted by Gasteiger charge is 2.07. The van der Waals surface area contributed by atoms with Gasteiger partial charge < -0.3 is 19.9 Å². The van der Waals surface area contributed by atoms with Crippen LogP contribution in [0.2, 0.25) is 0 Å². The van der Waals surface area contributed by atoms with Gasteiger partial charge in [0.15, 0.2) is 0 Å². The first-order valence-corrected chi connectivity index (χ1v) is 6.35. The molecule has 1 aromatic rings. The van der Waals surface area contributed by atoms with Crippen LogP contribution in [0.1, 0.15) is 18.9 Å². The molecule has 2 N–H and O–H groups in total. The minimum absolute atomic E-state index is 0.0176. The lowest BCUT2D eigenvalue weighted by Gasteiger charge is -2.17. The molecule has 4 heteroatoms. The van der Waals surface area contributed by atoms with Crippen molar-refractivity contribution in [3.63, 3.8) is 0 Å². The van der Waals surface area contributed by atoms with Gasteiger partial charge in [-0.25, -0.2) is 0 Å². The highest BCUT2D eigenvalue weighted by Crippen LogP contribution is 2.14. The quantitative estimate of drug-likeness (QED) is 0.701. The van der Waals surface area contributed by atoms with Gasteiger partial charge in [-0.2, -0.15) is 0 Å². The van der Waals surface area contributed by atoms with Gasteiger partial charge in [0.05, 0.1) is 19.3 Å². The van der Waals surface area contributed by atoms with Crippen molar-refractivity contribution in [2.45, 2.75) is 26.0 Å². The fourth-order valence-electron chi connectivity index (χ4n) is 1.61. The van der Waals surface area contributed by atoms with Crippen LogP contribution in [0.5, 0.6) is 5.75 Å². The average Bonchev–Trinajstić information content (AvgIpc) is 2.40. The third-order valence-corrected chi connectivity index (χ3v) is 2.56. The Balaban J connectivity index is 2.43. The van der Waals surface area contributed by atoms with E-state index in [1.807, 2.05) is 24.3 Å². The molecule has 4 nitrogen and oxygen atoms in total. The van der Waals surface area contributed by atoms with Crippen LogP contribution in [0.25, 0.3) is 0 Å². The molecule has 0 amide bonds. The van der Waals surface area contributed by atoms with Gasteiger partial charge in [-0.3, -0.25) is 0 Å². The third-order valence-electron chi connectivity index (χ3n) is 2.56. The van der Waals surface area contributed by atoms with Crippen molar-refractivity contribution in [3.05, 3.63) is 29.8 Å². The van der Waals surface area contributed by atoms with Crippen LogP contribution in [-0.4, -0.2) is 38.0 Å². The van der Waals surface area contributed by atoms with Crippen molar-refractivity contribution in [2.24, 2.45) is 0 Å². The summed E-state index contributed by atoms with van der Waals surface area (Å²) in [7, 11) is 1.67. The average molecular weight is 253 g/mol. The summed E-state index contributed by atoms with van der Waals surface area (Å²) < 4.78 is 10.7. The number of nitrogens with one attached hydrogen (secondary N) is 1. The smallest absolute Gasteiger partial charge is 0.119 e. The fraction of sp³-hybridized carbons (Fsp3) is 0.571. The van der Waals surface area contributed by atoms with Crippen molar-refractivity contribution in [2.75, 3.05) is 26.9 Å². The Labute approximate surface area is 109 Å². The van der Waals surface area contributed by atoms with Crippen LogP contribution in [0.3, 0.4) is 0 Å². The highest BCUT2D eigenvalue weighted by atomic mass is 16.5. The van der Waals surface area contributed by atoms with E-state index < -0.39 is 0 Å². The molecular weight excluding hydrogens is 230 g/mol. The largest absolute Gasteiger partial charge is 0.492 e. The van der Waals surface area contributed by atoms with Crippen molar-refractivity contribution >= 4 is 0 Å². The molecule has 0 aromatic heterocycles. The van der Waals surface area contributed by atoms with Crippen molar-refractivity contribution in [1.82, 2.24) is 5.32 Å². The lowest BCUT2D eigenvalue weighted by atomic mass is 10.2. The molecule has 0 saturated heterocycles. The molecule has 1 rings (SSSR count). The Morgan fingerprint density at radius 2 is 2.22 bits per heavy atom. The van der Waals surface area contributed by atoms with Gasteiger partial charge in [0, 0.05) is 7.11 Å². The number of benzene rings is 1. The first-order chi connectivity index (χ1) is 8.80. The predicted molar refractivity (Wildman–Crippen MR) is 71.8 cm³/mol. The molecule has 0 spiro atoms. The topological polar surface area (TPSA) is 50.7 Å². The van der Waals surface area contributed by atoms with Crippen LogP contribution in [0, 0.1) is 0 Å². The van der Waals surface area contributed by atoms with Crippen molar-refractivity contribution in [3.8, 4) is 5.75 Å². The van der Waals surface area contributed by atoms with Crippen molar-refractivity contribution < 1.29 is 14.6 Å². The van der Waals surface area contributed by atoms with E-state index in [-0.39, 0.29) is 12.6 Å². The molecular formula is C14H23NO3. The zero-order valence-corrected chi connectivity index (χ0v) is 11.2. The molecule has 1 aromatic carbocycles. The third kappa shape index (κ3) is 5.49. The van der Waals surface area contributed by atoms with Crippen LogP contribution in [0.15, 0.2) is 24.3 Å². The lowest BCUT2D eigenvalue weighted by Crippen LogP contribution is -2.38. The normalized spacial score (nSPS) is 12.4. The second-order valence-electron chi connectivity index (χ2n) is 4.23. The summed E-state index contributed by atoms with van der Waals surface area (Å²) in [4.78, 5) is 0. The van der Waals surface area contributed by atoms with E-state index in [9.17, 15) is 5.11 Å². The van der Waals surface area contributed by atoms with E-state index in [0.29, 0.717) is 13.2 Å². The molecule has 0 heterocycles. The van der Waals surface area contributed by atoms with E-state index in [0.717, 1.165) is 24.3 Å². The molecule has 0 aliphatic heterocycles. The summed E-state index contributed by atoms with van der Waals surface area (Å²) in [6, 6.07) is 7.79. The first kappa shape index (κ1) is 15.0. The van der Waals surface area contributed by atoms with Crippen LogP contribution in [0.4, 0.5) is 0 Å². The summed E-state index contributed by atoms with van der Waals surface area (Å²) in [5.41, 5.74) is 1.08. The Hall–Kier alpha value is -1.10. The maximum atomic E-state index is 9.21. The van der Waals surface area contributed by atoms with E-state index in [4.69, 9.17) is 9.47 Å². The first-order valence-electron chi connectivity index (χ1n) is 6.35. The van der Waals surface area contributed by atoms with E-state index in [2.05, 4.69) is 12.2 Å². The monoisotopic (exact) mass is 253 g/mol. The van der Waals surface area contributed by atoms with Gasteiger partial charge in [0.2, 0.25) is 0 Å². The number of ether oxygens (including phenoxy) is 2. The summed E-state index contributed by atoms with van der Waals surface area (Å²) in [5.74, 6) is 0.807. The number of rotatable bonds is 9. The number of methoxy groups -OCH3 is 1. The van der Waals surface area contributed by atoms with Gasteiger partial charge in [-0.15, -0.1) is 0 Å². The van der Waals surface area contributed by atoms with Gasteiger partial charge in [-0.1, -0.05) is 19.1 Å². The van der Waals surface area contributed by atoms with Crippen LogP contribution >= 0.6 is 0 Å². The predicted octanol–water partition coefficient (Wildman–Crippen LogP) is 1.57. The fourth-order valence-corrected chi connectivity index (χ4v) is 1.61. The SMILES string of the molecule is CCCNC(CO)COc1cccc(COC)c1. The van der Waals surface area contributed by atoms with E-state index in [1.54, 1.807) is 7.11 Å². The molecule has 1 unspecified atom stereocenters. The molecule has 18 heavy (non-hydrogen) atoms. The Morgan fingerprint density at radius 1 is 1.39 bits per heavy atom. The molecule has 0 fully saturated rings. The molecule has 0 saturated carbocycles. The Morgan fingerprint density at radius 3 is 2.89 bits per heavy atom. The standard InChI is InChI=1S/C14H23NO3/c1-3-7-15-13(9-16)11-18-14-6-4-5-12(8-14)10-17-2/h4-6,8,13,15-16H,3,7,9-11H2,1-2H3. The Bertz CT molecular complexity index is 331. The van der Waals surface area contributed by atoms with Crippen molar-refractivity contribution in [1.29, 1.82) is 0 Å². The summed E-state index contributed by atoms with van der Waals surface area (Å²) in [6.45, 7) is 4.11. The second-order valence-corrected chi connectivity index (χ2v) is 4.23. The van der Waals surface area contributed by atoms with E-state index in [1.165, 1.54) is 0 Å². The lowest BCUT2D eigenvalue weighted by molar-refractivity contribution is 0.179. The number of aliphatic hydroxyl groups excluding tert-OH is 1. The molecule has 0 radical (unpaired) electrons. The maximum Gasteiger partial charge on any atom is 0.119 e. The van der Waals surface area contributed by atoms with Gasteiger partial charge in [0.25, 0.3) is 0 Å². The zero-order valence-electron chi connectivity index (χ0n) is 11.2. The number of hydrogen-bond donors (Lipinski definition) is 2. The number of hydrogen-bond acceptors (Lipinski definition) is 4.